The average molecular weight is 366 g/mol. The summed E-state index contributed by atoms with van der Waals surface area (Å²) in [7, 11) is 4.14. The smallest absolute Gasteiger partial charge is 0.0975 e. The molecule has 0 aliphatic rings. The monoisotopic (exact) mass is 365 g/mol. The fourth-order valence-electron chi connectivity index (χ4n) is 3.90. The molecule has 0 amide bonds. The van der Waals surface area contributed by atoms with Gasteiger partial charge in [-0.05, 0) is 44.7 Å². The molecule has 0 radical (unpaired) electrons. The summed E-state index contributed by atoms with van der Waals surface area (Å²) in [5.41, 5.74) is 6.62. The zero-order valence-corrected chi connectivity index (χ0v) is 18.2. The molecule has 2 heteroatoms. The van der Waals surface area contributed by atoms with Crippen LogP contribution in [0.3, 0.4) is 0 Å². The van der Waals surface area contributed by atoms with Crippen molar-refractivity contribution in [3.05, 3.63) is 65.7 Å². The van der Waals surface area contributed by atoms with Crippen LogP contribution >= 0.6 is 0 Å². The first kappa shape index (κ1) is 21.2. The summed E-state index contributed by atoms with van der Waals surface area (Å²) < 4.78 is 0. The van der Waals surface area contributed by atoms with Crippen LogP contribution in [-0.4, -0.2) is 19.2 Å². The van der Waals surface area contributed by atoms with E-state index in [4.69, 9.17) is 0 Å². The van der Waals surface area contributed by atoms with Gasteiger partial charge in [-0.25, -0.2) is 0 Å². The predicted octanol–water partition coefficient (Wildman–Crippen LogP) is 6.23. The number of benzene rings is 2. The second kappa shape index (κ2) is 7.52. The molecule has 0 aliphatic carbocycles. The highest BCUT2D eigenvalue weighted by Crippen LogP contribution is 2.47. The Labute approximate surface area is 165 Å². The summed E-state index contributed by atoms with van der Waals surface area (Å²) >= 11 is 0. The van der Waals surface area contributed by atoms with Crippen LogP contribution in [0.15, 0.2) is 49.1 Å². The van der Waals surface area contributed by atoms with Crippen molar-refractivity contribution in [2.45, 2.75) is 58.5 Å². The molecule has 1 unspecified atom stereocenters. The van der Waals surface area contributed by atoms with Crippen LogP contribution in [0.1, 0.15) is 64.3 Å². The number of nitrogens with zero attached hydrogens (tertiary/aromatic N) is 1. The van der Waals surface area contributed by atoms with E-state index in [-0.39, 0.29) is 10.8 Å². The molecule has 146 valence electrons. The molecule has 1 N–H and O–H groups in total. The molecular formula is C25H35NO. The Hall–Kier alpha value is -2.06. The Balaban J connectivity index is 3.12. The lowest BCUT2D eigenvalue weighted by atomic mass is 9.71. The van der Waals surface area contributed by atoms with Gasteiger partial charge in [-0.3, -0.25) is 0 Å². The summed E-state index contributed by atoms with van der Waals surface area (Å²) in [6, 6.07) is 12.7. The molecule has 2 aromatic rings. The summed E-state index contributed by atoms with van der Waals surface area (Å²) in [5.74, 6) is 0. The zero-order chi connectivity index (χ0) is 20.6. The minimum Gasteiger partial charge on any atom is -0.384 e. The van der Waals surface area contributed by atoms with Gasteiger partial charge in [-0.1, -0.05) is 78.0 Å². The Morgan fingerprint density at radius 1 is 0.926 bits per heavy atom. The van der Waals surface area contributed by atoms with Crippen molar-refractivity contribution >= 4 is 5.69 Å². The Morgan fingerprint density at radius 2 is 1.44 bits per heavy atom. The molecule has 1 atom stereocenters. The van der Waals surface area contributed by atoms with Gasteiger partial charge < -0.3 is 10.0 Å². The van der Waals surface area contributed by atoms with E-state index in [2.05, 4.69) is 97.4 Å². The van der Waals surface area contributed by atoms with E-state index >= 15 is 0 Å². The topological polar surface area (TPSA) is 23.5 Å². The van der Waals surface area contributed by atoms with Gasteiger partial charge in [0.25, 0.3) is 0 Å². The van der Waals surface area contributed by atoms with Crippen molar-refractivity contribution in [3.8, 4) is 11.1 Å². The predicted molar refractivity (Wildman–Crippen MR) is 119 cm³/mol. The number of anilines is 1. The van der Waals surface area contributed by atoms with Crippen molar-refractivity contribution in [1.82, 2.24) is 0 Å². The second-order valence-corrected chi connectivity index (χ2v) is 9.55. The van der Waals surface area contributed by atoms with Gasteiger partial charge in [-0.2, -0.15) is 0 Å². The zero-order valence-electron chi connectivity index (χ0n) is 18.2. The Bertz CT molecular complexity index is 805. The molecule has 0 saturated carbocycles. The van der Waals surface area contributed by atoms with Gasteiger partial charge in [-0.15, -0.1) is 6.58 Å². The average Bonchev–Trinajstić information content (AvgIpc) is 2.58. The fourth-order valence-corrected chi connectivity index (χ4v) is 3.90. The third kappa shape index (κ3) is 4.27. The summed E-state index contributed by atoms with van der Waals surface area (Å²) in [5, 5.41) is 11.1. The maximum Gasteiger partial charge on any atom is 0.0975 e. The molecule has 0 aliphatic heterocycles. The Morgan fingerprint density at radius 3 is 1.85 bits per heavy atom. The third-order valence-corrected chi connectivity index (χ3v) is 4.93. The van der Waals surface area contributed by atoms with Crippen molar-refractivity contribution in [2.24, 2.45) is 0 Å². The van der Waals surface area contributed by atoms with Crippen molar-refractivity contribution in [2.75, 3.05) is 19.0 Å². The van der Waals surface area contributed by atoms with Gasteiger partial charge in [0.2, 0.25) is 0 Å². The van der Waals surface area contributed by atoms with Gasteiger partial charge >= 0.3 is 0 Å². The second-order valence-electron chi connectivity index (χ2n) is 9.55. The molecule has 2 aromatic carbocycles. The van der Waals surface area contributed by atoms with E-state index in [1.165, 1.54) is 22.3 Å². The minimum absolute atomic E-state index is 0.117. The quantitative estimate of drug-likeness (QED) is 0.649. The lowest BCUT2D eigenvalue weighted by Crippen LogP contribution is -2.27. The van der Waals surface area contributed by atoms with Crippen molar-refractivity contribution in [3.63, 3.8) is 0 Å². The molecule has 2 nitrogen and oxygen atoms in total. The standard InChI is InChI=1S/C25H35NO/c1-10-20(27)21-22(24(2,3)4)18(17-14-12-11-13-15-17)16-19(26(8)9)23(21)25(5,6)7/h10-16,20,27H,1H2,2-9H3. The summed E-state index contributed by atoms with van der Waals surface area (Å²) in [6.45, 7) is 17.2. The lowest BCUT2D eigenvalue weighted by molar-refractivity contribution is 0.223. The maximum absolute atomic E-state index is 11.1. The third-order valence-electron chi connectivity index (χ3n) is 4.93. The van der Waals surface area contributed by atoms with Crippen LogP contribution < -0.4 is 4.90 Å². The van der Waals surface area contributed by atoms with Gasteiger partial charge in [0.15, 0.2) is 0 Å². The number of hydrogen-bond donors (Lipinski definition) is 1. The van der Waals surface area contributed by atoms with Crippen LogP contribution in [0, 0.1) is 0 Å². The van der Waals surface area contributed by atoms with E-state index in [9.17, 15) is 5.11 Å². The molecular weight excluding hydrogens is 330 g/mol. The number of aliphatic hydroxyl groups is 1. The molecule has 0 heterocycles. The summed E-state index contributed by atoms with van der Waals surface area (Å²) in [4.78, 5) is 2.15. The number of rotatable bonds is 4. The first-order valence-corrected chi connectivity index (χ1v) is 9.64. The van der Waals surface area contributed by atoms with Gasteiger partial charge in [0, 0.05) is 19.8 Å². The Kier molecular flexibility index (Phi) is 5.91. The van der Waals surface area contributed by atoms with E-state index in [1.54, 1.807) is 6.08 Å². The maximum atomic E-state index is 11.1. The largest absolute Gasteiger partial charge is 0.384 e. The molecule has 0 aromatic heterocycles. The van der Waals surface area contributed by atoms with Crippen LogP contribution in [0.2, 0.25) is 0 Å². The molecule has 0 fully saturated rings. The fraction of sp³-hybridized carbons (Fsp3) is 0.440. The SMILES string of the molecule is C=CC(O)c1c(C(C)(C)C)c(-c2ccccc2)cc(N(C)C)c1C(C)(C)C. The summed E-state index contributed by atoms with van der Waals surface area (Å²) in [6.07, 6.45) is 0.935. The van der Waals surface area contributed by atoms with Crippen LogP contribution in [0.25, 0.3) is 11.1 Å². The van der Waals surface area contributed by atoms with Gasteiger partial charge in [0.05, 0.1) is 6.10 Å². The van der Waals surface area contributed by atoms with E-state index in [0.29, 0.717) is 0 Å². The highest BCUT2D eigenvalue weighted by Gasteiger charge is 2.33. The first-order valence-electron chi connectivity index (χ1n) is 9.64. The highest BCUT2D eigenvalue weighted by molar-refractivity contribution is 5.79. The van der Waals surface area contributed by atoms with E-state index in [0.717, 1.165) is 11.3 Å². The van der Waals surface area contributed by atoms with E-state index in [1.807, 2.05) is 6.07 Å². The number of hydrogen-bond acceptors (Lipinski definition) is 2. The van der Waals surface area contributed by atoms with Crippen LogP contribution in [-0.2, 0) is 10.8 Å². The normalized spacial score (nSPS) is 13.4. The van der Waals surface area contributed by atoms with Crippen molar-refractivity contribution < 1.29 is 5.11 Å². The highest BCUT2D eigenvalue weighted by atomic mass is 16.3. The first-order chi connectivity index (χ1) is 12.4. The molecule has 2 rings (SSSR count). The molecule has 0 bridgehead atoms. The molecule has 0 saturated heterocycles. The molecule has 0 spiro atoms. The molecule has 27 heavy (non-hydrogen) atoms. The van der Waals surface area contributed by atoms with Crippen LogP contribution in [0.5, 0.6) is 0 Å². The minimum atomic E-state index is -0.712. The van der Waals surface area contributed by atoms with Gasteiger partial charge in [0.1, 0.15) is 0 Å². The van der Waals surface area contributed by atoms with Crippen molar-refractivity contribution in [1.29, 1.82) is 0 Å². The lowest BCUT2D eigenvalue weighted by Gasteiger charge is -2.37. The van der Waals surface area contributed by atoms with Crippen LogP contribution in [0.4, 0.5) is 5.69 Å². The number of aliphatic hydroxyl groups excluding tert-OH is 1. The van der Waals surface area contributed by atoms with E-state index < -0.39 is 6.10 Å².